The summed E-state index contributed by atoms with van der Waals surface area (Å²) in [5.74, 6) is -2.30. The number of aryl methyl sites for hydroxylation is 1. The molecule has 0 aliphatic heterocycles. The first-order chi connectivity index (χ1) is 17.8. The van der Waals surface area contributed by atoms with Gasteiger partial charge in [0.15, 0.2) is 0 Å². The summed E-state index contributed by atoms with van der Waals surface area (Å²) in [4.78, 5) is 39.2. The fourth-order valence-electron chi connectivity index (χ4n) is 4.37. The van der Waals surface area contributed by atoms with Crippen LogP contribution in [0.3, 0.4) is 0 Å². The quantitative estimate of drug-likeness (QED) is 0.217. The van der Waals surface area contributed by atoms with Gasteiger partial charge in [-0.2, -0.15) is 0 Å². The van der Waals surface area contributed by atoms with Gasteiger partial charge in [-0.25, -0.2) is 15.1 Å². The molecule has 0 saturated carbocycles. The summed E-state index contributed by atoms with van der Waals surface area (Å²) in [7, 11) is 0. The maximum atomic E-state index is 13.3. The molecule has 2 atom stereocenters. The molecule has 3 aromatic rings. The van der Waals surface area contributed by atoms with Crippen molar-refractivity contribution in [1.82, 2.24) is 15.7 Å². The average molecular weight is 506 g/mol. The third kappa shape index (κ3) is 8.32. The summed E-state index contributed by atoms with van der Waals surface area (Å²) in [6, 6.07) is 21.5. The van der Waals surface area contributed by atoms with Crippen molar-refractivity contribution in [3.8, 4) is 0 Å². The van der Waals surface area contributed by atoms with Gasteiger partial charge >= 0.3 is 12.0 Å². The third-order valence-corrected chi connectivity index (χ3v) is 6.27. The Balaban J connectivity index is 1.73. The highest BCUT2D eigenvalue weighted by atomic mass is 16.5. The molecule has 0 aromatic heterocycles. The van der Waals surface area contributed by atoms with Gasteiger partial charge < -0.3 is 15.3 Å². The molecule has 8 nitrogen and oxygen atoms in total. The predicted molar refractivity (Wildman–Crippen MR) is 142 cm³/mol. The van der Waals surface area contributed by atoms with Crippen molar-refractivity contribution in [2.75, 3.05) is 13.1 Å². The van der Waals surface area contributed by atoms with Gasteiger partial charge in [-0.1, -0.05) is 86.6 Å². The first kappa shape index (κ1) is 27.7. The zero-order valence-corrected chi connectivity index (χ0v) is 21.3. The fraction of sp³-hybridized carbons (Fsp3) is 0.345. The Morgan fingerprint density at radius 3 is 2.19 bits per heavy atom. The van der Waals surface area contributed by atoms with Crippen molar-refractivity contribution in [1.29, 1.82) is 0 Å². The van der Waals surface area contributed by atoms with Crippen LogP contribution in [0.5, 0.6) is 0 Å². The molecular weight excluding hydrogens is 470 g/mol. The van der Waals surface area contributed by atoms with Crippen LogP contribution in [-0.2, 0) is 22.4 Å². The highest BCUT2D eigenvalue weighted by Crippen LogP contribution is 2.18. The van der Waals surface area contributed by atoms with Crippen LogP contribution in [0.15, 0.2) is 72.8 Å². The lowest BCUT2D eigenvalue weighted by Crippen LogP contribution is -2.52. The normalized spacial score (nSPS) is 12.6. The van der Waals surface area contributed by atoms with Gasteiger partial charge in [0.2, 0.25) is 5.91 Å². The SMILES string of the molecule is CC(C)CN(C[C@H](CCc1ccccc1)C(=O)NO)C(=O)N[C@@H](Cc1ccc2ccccc2c1)C(=O)O. The fourth-order valence-corrected chi connectivity index (χ4v) is 4.37. The largest absolute Gasteiger partial charge is 0.480 e. The van der Waals surface area contributed by atoms with E-state index in [1.165, 1.54) is 4.90 Å². The molecule has 0 aliphatic carbocycles. The van der Waals surface area contributed by atoms with Crippen LogP contribution >= 0.6 is 0 Å². The summed E-state index contributed by atoms with van der Waals surface area (Å²) in [6.45, 7) is 4.25. The van der Waals surface area contributed by atoms with E-state index in [9.17, 15) is 24.7 Å². The number of carboxylic acid groups (broad SMARTS) is 1. The Kier molecular flexibility index (Phi) is 10.0. The van der Waals surface area contributed by atoms with Crippen LogP contribution in [0.4, 0.5) is 4.79 Å². The minimum atomic E-state index is -1.14. The summed E-state index contributed by atoms with van der Waals surface area (Å²) in [6.07, 6.45) is 1.13. The Morgan fingerprint density at radius 1 is 0.865 bits per heavy atom. The third-order valence-electron chi connectivity index (χ3n) is 6.27. The van der Waals surface area contributed by atoms with Crippen LogP contribution in [-0.4, -0.2) is 52.3 Å². The van der Waals surface area contributed by atoms with E-state index < -0.39 is 29.9 Å². The second kappa shape index (κ2) is 13.4. The number of hydrogen-bond acceptors (Lipinski definition) is 4. The van der Waals surface area contributed by atoms with E-state index in [0.29, 0.717) is 19.4 Å². The van der Waals surface area contributed by atoms with Crippen molar-refractivity contribution in [2.24, 2.45) is 11.8 Å². The number of urea groups is 1. The minimum absolute atomic E-state index is 0.0472. The lowest BCUT2D eigenvalue weighted by Gasteiger charge is -2.29. The molecule has 8 heteroatoms. The molecule has 4 N–H and O–H groups in total. The zero-order valence-electron chi connectivity index (χ0n) is 21.3. The number of hydrogen-bond donors (Lipinski definition) is 4. The van der Waals surface area contributed by atoms with E-state index >= 15 is 0 Å². The van der Waals surface area contributed by atoms with E-state index in [0.717, 1.165) is 21.9 Å². The number of rotatable bonds is 12. The van der Waals surface area contributed by atoms with Gasteiger partial charge in [0.1, 0.15) is 6.04 Å². The first-order valence-electron chi connectivity index (χ1n) is 12.5. The molecule has 0 aliphatic rings. The molecule has 196 valence electrons. The van der Waals surface area contributed by atoms with E-state index in [1.807, 2.05) is 86.6 Å². The van der Waals surface area contributed by atoms with Crippen molar-refractivity contribution < 1.29 is 24.7 Å². The van der Waals surface area contributed by atoms with Gasteiger partial charge in [-0.15, -0.1) is 0 Å². The minimum Gasteiger partial charge on any atom is -0.480 e. The van der Waals surface area contributed by atoms with Gasteiger partial charge in [-0.05, 0) is 40.7 Å². The highest BCUT2D eigenvalue weighted by molar-refractivity contribution is 5.85. The summed E-state index contributed by atoms with van der Waals surface area (Å²) < 4.78 is 0. The molecule has 0 unspecified atom stereocenters. The molecule has 0 saturated heterocycles. The number of carboxylic acids is 1. The Labute approximate surface area is 217 Å². The number of fused-ring (bicyclic) bond motifs is 1. The molecule has 0 fully saturated rings. The van der Waals surface area contributed by atoms with Crippen molar-refractivity contribution >= 4 is 28.7 Å². The van der Waals surface area contributed by atoms with Gasteiger partial charge in [0.25, 0.3) is 0 Å². The smallest absolute Gasteiger partial charge is 0.326 e. The number of aliphatic carboxylic acids is 1. The van der Waals surface area contributed by atoms with E-state index in [-0.39, 0.29) is 18.9 Å². The summed E-state index contributed by atoms with van der Waals surface area (Å²) in [5.41, 5.74) is 3.55. The lowest BCUT2D eigenvalue weighted by atomic mass is 9.97. The van der Waals surface area contributed by atoms with Gasteiger partial charge in [0.05, 0.1) is 5.92 Å². The predicted octanol–water partition coefficient (Wildman–Crippen LogP) is 4.26. The second-order valence-corrected chi connectivity index (χ2v) is 9.72. The lowest BCUT2D eigenvalue weighted by molar-refractivity contribution is -0.139. The van der Waals surface area contributed by atoms with E-state index in [1.54, 1.807) is 5.48 Å². The maximum Gasteiger partial charge on any atom is 0.326 e. The standard InChI is InChI=1S/C29H35N3O5/c1-20(2)18-32(19-25(27(33)31-37)15-12-21-8-4-3-5-9-21)29(36)30-26(28(34)35)17-22-13-14-23-10-6-7-11-24(23)16-22/h3-11,13-14,16,20,25-26,37H,12,15,17-19H2,1-2H3,(H,30,36)(H,31,33)(H,34,35)/t25-,26-/m0/s1. The molecule has 0 heterocycles. The molecule has 3 rings (SSSR count). The van der Waals surface area contributed by atoms with Crippen LogP contribution in [0, 0.1) is 11.8 Å². The number of hydroxylamine groups is 1. The molecule has 37 heavy (non-hydrogen) atoms. The Bertz CT molecular complexity index is 1200. The van der Waals surface area contributed by atoms with Gasteiger partial charge in [0, 0.05) is 19.5 Å². The van der Waals surface area contributed by atoms with Gasteiger partial charge in [-0.3, -0.25) is 10.0 Å². The Morgan fingerprint density at radius 2 is 1.54 bits per heavy atom. The average Bonchev–Trinajstić information content (AvgIpc) is 2.89. The van der Waals surface area contributed by atoms with Crippen molar-refractivity contribution in [2.45, 2.75) is 39.2 Å². The topological polar surface area (TPSA) is 119 Å². The summed E-state index contributed by atoms with van der Waals surface area (Å²) >= 11 is 0. The van der Waals surface area contributed by atoms with Crippen molar-refractivity contribution in [3.05, 3.63) is 83.9 Å². The number of benzene rings is 3. The molecule has 0 spiro atoms. The molecule has 0 bridgehead atoms. The first-order valence-corrected chi connectivity index (χ1v) is 12.5. The van der Waals surface area contributed by atoms with Crippen LogP contribution < -0.4 is 10.8 Å². The van der Waals surface area contributed by atoms with Crippen LogP contribution in [0.1, 0.15) is 31.4 Å². The van der Waals surface area contributed by atoms with Crippen molar-refractivity contribution in [3.63, 3.8) is 0 Å². The Hall–Kier alpha value is -3.91. The van der Waals surface area contributed by atoms with E-state index in [2.05, 4.69) is 5.32 Å². The van der Waals surface area contributed by atoms with Crippen LogP contribution in [0.25, 0.3) is 10.8 Å². The zero-order chi connectivity index (χ0) is 26.8. The molecular formula is C29H35N3O5. The maximum absolute atomic E-state index is 13.3. The number of amides is 3. The number of carbonyl (C=O) groups excluding carboxylic acids is 2. The monoisotopic (exact) mass is 505 g/mol. The summed E-state index contributed by atoms with van der Waals surface area (Å²) in [5, 5.41) is 23.8. The van der Waals surface area contributed by atoms with E-state index in [4.69, 9.17) is 0 Å². The molecule has 3 amide bonds. The molecule has 3 aromatic carbocycles. The number of nitrogens with one attached hydrogen (secondary N) is 2. The number of nitrogens with zero attached hydrogens (tertiary/aromatic N) is 1. The van der Waals surface area contributed by atoms with Crippen LogP contribution in [0.2, 0.25) is 0 Å². The molecule has 0 radical (unpaired) electrons. The number of carbonyl (C=O) groups is 3. The highest BCUT2D eigenvalue weighted by Gasteiger charge is 2.28. The second-order valence-electron chi connectivity index (χ2n) is 9.72.